The number of nitrogens with one attached hydrogen (secondary N) is 2. The first-order valence-corrected chi connectivity index (χ1v) is 9.81. The second kappa shape index (κ2) is 6.74. The first-order valence-electron chi connectivity index (χ1n) is 8.32. The molecule has 0 aliphatic carbocycles. The monoisotopic (exact) mass is 374 g/mol. The number of benzene rings is 2. The van der Waals surface area contributed by atoms with E-state index in [1.165, 1.54) is 6.07 Å². The zero-order chi connectivity index (χ0) is 18.9. The van der Waals surface area contributed by atoms with Gasteiger partial charge in [0, 0.05) is 12.2 Å². The molecule has 0 spiro atoms. The van der Waals surface area contributed by atoms with E-state index in [0.29, 0.717) is 17.7 Å². The van der Waals surface area contributed by atoms with E-state index in [-0.39, 0.29) is 17.3 Å². The number of amides is 1. The number of hydrogen-bond donors (Lipinski definition) is 2. The summed E-state index contributed by atoms with van der Waals surface area (Å²) >= 11 is 0. The molecule has 0 aromatic heterocycles. The van der Waals surface area contributed by atoms with Gasteiger partial charge in [0.15, 0.2) is 0 Å². The molecule has 138 valence electrons. The highest BCUT2D eigenvalue weighted by Gasteiger charge is 2.39. The average Bonchev–Trinajstić information content (AvgIpc) is 2.84. The fourth-order valence-corrected chi connectivity index (χ4v) is 4.02. The zero-order valence-electron chi connectivity index (χ0n) is 15.0. The van der Waals surface area contributed by atoms with Crippen LogP contribution in [-0.2, 0) is 26.7 Å². The van der Waals surface area contributed by atoms with Gasteiger partial charge in [0.25, 0.3) is 0 Å². The Bertz CT molecular complexity index is 952. The lowest BCUT2D eigenvalue weighted by molar-refractivity contribution is -0.119. The minimum Gasteiger partial charge on any atom is -0.497 e. The fourth-order valence-electron chi connectivity index (χ4n) is 2.96. The number of carbonyl (C=O) groups is 1. The summed E-state index contributed by atoms with van der Waals surface area (Å²) in [6.07, 6.45) is 0.549. The fraction of sp³-hybridized carbons (Fsp3) is 0.316. The molecule has 0 radical (unpaired) electrons. The number of sulfonamides is 1. The van der Waals surface area contributed by atoms with E-state index in [1.807, 2.05) is 24.3 Å². The molecule has 26 heavy (non-hydrogen) atoms. The Morgan fingerprint density at radius 1 is 1.15 bits per heavy atom. The Morgan fingerprint density at radius 2 is 1.92 bits per heavy atom. The van der Waals surface area contributed by atoms with E-state index in [9.17, 15) is 13.2 Å². The van der Waals surface area contributed by atoms with E-state index in [4.69, 9.17) is 4.74 Å². The van der Waals surface area contributed by atoms with Crippen LogP contribution in [0.2, 0.25) is 0 Å². The molecule has 3 rings (SSSR count). The zero-order valence-corrected chi connectivity index (χ0v) is 15.8. The van der Waals surface area contributed by atoms with Crippen LogP contribution in [0.25, 0.3) is 0 Å². The molecule has 0 fully saturated rings. The summed E-state index contributed by atoms with van der Waals surface area (Å²) in [5, 5.41) is 2.78. The van der Waals surface area contributed by atoms with Crippen LogP contribution >= 0.6 is 0 Å². The van der Waals surface area contributed by atoms with Gasteiger partial charge >= 0.3 is 0 Å². The Labute approximate surface area is 153 Å². The molecule has 6 nitrogen and oxygen atoms in total. The van der Waals surface area contributed by atoms with Crippen molar-refractivity contribution in [3.05, 3.63) is 53.6 Å². The summed E-state index contributed by atoms with van der Waals surface area (Å²) in [4.78, 5) is 12.2. The van der Waals surface area contributed by atoms with Crippen molar-refractivity contribution < 1.29 is 17.9 Å². The van der Waals surface area contributed by atoms with Gasteiger partial charge in [-0.15, -0.1) is 0 Å². The van der Waals surface area contributed by atoms with Crippen LogP contribution in [0.5, 0.6) is 5.75 Å². The number of carbonyl (C=O) groups excluding carboxylic acids is 1. The van der Waals surface area contributed by atoms with Gasteiger partial charge in [0.2, 0.25) is 15.9 Å². The number of anilines is 1. The number of ether oxygens (including phenoxy) is 1. The third-order valence-corrected chi connectivity index (χ3v) is 6.09. The molecule has 0 saturated heterocycles. The van der Waals surface area contributed by atoms with Gasteiger partial charge in [-0.1, -0.05) is 12.1 Å². The van der Waals surface area contributed by atoms with Gasteiger partial charge in [-0.2, -0.15) is 0 Å². The summed E-state index contributed by atoms with van der Waals surface area (Å²) in [5.74, 6) is 0.608. The minimum atomic E-state index is -3.66. The van der Waals surface area contributed by atoms with Crippen LogP contribution in [0, 0.1) is 0 Å². The van der Waals surface area contributed by atoms with Crippen molar-refractivity contribution in [3.8, 4) is 5.75 Å². The van der Waals surface area contributed by atoms with Crippen LogP contribution in [0.1, 0.15) is 25.0 Å². The van der Waals surface area contributed by atoms with Crippen LogP contribution < -0.4 is 14.8 Å². The molecule has 1 aliphatic rings. The second-order valence-electron chi connectivity index (χ2n) is 6.79. The molecule has 2 aromatic rings. The van der Waals surface area contributed by atoms with Crippen molar-refractivity contribution in [2.75, 3.05) is 19.0 Å². The van der Waals surface area contributed by atoms with E-state index in [1.54, 1.807) is 33.1 Å². The maximum absolute atomic E-state index is 12.6. The number of rotatable bonds is 6. The number of methoxy groups -OCH3 is 1. The average molecular weight is 374 g/mol. The first-order chi connectivity index (χ1) is 12.2. The Kier molecular flexibility index (Phi) is 4.77. The number of fused-ring (bicyclic) bond motifs is 1. The SMILES string of the molecule is COc1cccc(CCNS(=O)(=O)c2ccc3c(c2)C(C)(C)C(=O)N3)c1. The predicted octanol–water partition coefficient (Wildman–Crippen LogP) is 2.45. The maximum atomic E-state index is 12.6. The standard InChI is InChI=1S/C19H22N2O4S/c1-19(2)16-12-15(7-8-17(16)21-18(19)22)26(23,24)20-10-9-13-5-4-6-14(11-13)25-3/h4-8,11-12,20H,9-10H2,1-3H3,(H,21,22). The molecule has 2 N–H and O–H groups in total. The molecular formula is C19H22N2O4S. The Morgan fingerprint density at radius 3 is 2.65 bits per heavy atom. The molecule has 2 aromatic carbocycles. The highest BCUT2D eigenvalue weighted by Crippen LogP contribution is 2.38. The Balaban J connectivity index is 1.73. The third-order valence-electron chi connectivity index (χ3n) is 4.63. The molecule has 1 heterocycles. The van der Waals surface area contributed by atoms with Gasteiger partial charge < -0.3 is 10.1 Å². The molecule has 1 amide bonds. The highest BCUT2D eigenvalue weighted by atomic mass is 32.2. The van der Waals surface area contributed by atoms with Crippen LogP contribution in [0.3, 0.4) is 0 Å². The predicted molar refractivity (Wildman–Crippen MR) is 100.0 cm³/mol. The van der Waals surface area contributed by atoms with Gasteiger partial charge in [-0.3, -0.25) is 4.79 Å². The summed E-state index contributed by atoms with van der Waals surface area (Å²) in [7, 11) is -2.06. The van der Waals surface area contributed by atoms with Gasteiger partial charge in [-0.05, 0) is 61.7 Å². The van der Waals surface area contributed by atoms with Crippen molar-refractivity contribution in [1.29, 1.82) is 0 Å². The van der Waals surface area contributed by atoms with Crippen molar-refractivity contribution in [2.24, 2.45) is 0 Å². The molecule has 1 aliphatic heterocycles. The summed E-state index contributed by atoms with van der Waals surface area (Å²) in [6.45, 7) is 3.83. The lowest BCUT2D eigenvalue weighted by Crippen LogP contribution is -2.28. The van der Waals surface area contributed by atoms with E-state index in [0.717, 1.165) is 11.3 Å². The third kappa shape index (κ3) is 3.45. The summed E-state index contributed by atoms with van der Waals surface area (Å²) in [5.41, 5.74) is 1.59. The molecule has 0 saturated carbocycles. The van der Waals surface area contributed by atoms with Gasteiger partial charge in [0.1, 0.15) is 5.75 Å². The quantitative estimate of drug-likeness (QED) is 0.813. The molecule has 0 unspecified atom stereocenters. The van der Waals surface area contributed by atoms with Crippen molar-refractivity contribution in [3.63, 3.8) is 0 Å². The molecule has 7 heteroatoms. The summed E-state index contributed by atoms with van der Waals surface area (Å²) in [6, 6.07) is 12.2. The van der Waals surface area contributed by atoms with Crippen molar-refractivity contribution in [1.82, 2.24) is 4.72 Å². The van der Waals surface area contributed by atoms with E-state index >= 15 is 0 Å². The topological polar surface area (TPSA) is 84.5 Å². The van der Waals surface area contributed by atoms with Gasteiger partial charge in [0.05, 0.1) is 17.4 Å². The normalized spacial score (nSPS) is 15.4. The summed E-state index contributed by atoms with van der Waals surface area (Å²) < 4.78 is 33.0. The molecule has 0 atom stereocenters. The number of hydrogen-bond acceptors (Lipinski definition) is 4. The Hall–Kier alpha value is -2.38. The second-order valence-corrected chi connectivity index (χ2v) is 8.55. The lowest BCUT2D eigenvalue weighted by atomic mass is 9.86. The van der Waals surface area contributed by atoms with E-state index < -0.39 is 15.4 Å². The van der Waals surface area contributed by atoms with Crippen molar-refractivity contribution in [2.45, 2.75) is 30.6 Å². The minimum absolute atomic E-state index is 0.131. The van der Waals surface area contributed by atoms with Crippen molar-refractivity contribution >= 4 is 21.6 Å². The van der Waals surface area contributed by atoms with Crippen LogP contribution in [0.4, 0.5) is 5.69 Å². The van der Waals surface area contributed by atoms with E-state index in [2.05, 4.69) is 10.0 Å². The molecular weight excluding hydrogens is 352 g/mol. The largest absolute Gasteiger partial charge is 0.497 e. The first kappa shape index (κ1) is 18.4. The van der Waals surface area contributed by atoms with Crippen LogP contribution in [0.15, 0.2) is 47.4 Å². The smallest absolute Gasteiger partial charge is 0.240 e. The maximum Gasteiger partial charge on any atom is 0.240 e. The lowest BCUT2D eigenvalue weighted by Gasteiger charge is -2.16. The van der Waals surface area contributed by atoms with Gasteiger partial charge in [-0.25, -0.2) is 13.1 Å². The highest BCUT2D eigenvalue weighted by molar-refractivity contribution is 7.89. The van der Waals surface area contributed by atoms with Crippen LogP contribution in [-0.4, -0.2) is 28.0 Å². The molecule has 0 bridgehead atoms.